The molecule has 0 bridgehead atoms. The summed E-state index contributed by atoms with van der Waals surface area (Å²) < 4.78 is 6.15. The van der Waals surface area contributed by atoms with Crippen molar-refractivity contribution in [3.05, 3.63) is 63.9 Å². The van der Waals surface area contributed by atoms with Crippen molar-refractivity contribution in [3.8, 4) is 0 Å². The van der Waals surface area contributed by atoms with Gasteiger partial charge in [-0.15, -0.1) is 0 Å². The lowest BCUT2D eigenvalue weighted by molar-refractivity contribution is -0.122. The number of halogens is 1. The van der Waals surface area contributed by atoms with Gasteiger partial charge in [0.05, 0.1) is 12.1 Å². The van der Waals surface area contributed by atoms with Gasteiger partial charge in [-0.3, -0.25) is 14.7 Å². The number of nitrogens with zero attached hydrogens (tertiary/aromatic N) is 2. The number of hydrogen-bond donors (Lipinski definition) is 0. The Bertz CT molecular complexity index is 901. The molecule has 1 aromatic carbocycles. The molecule has 1 aromatic heterocycles. The zero-order chi connectivity index (χ0) is 21.6. The third kappa shape index (κ3) is 5.74. The first-order valence-electron chi connectivity index (χ1n) is 11.7. The summed E-state index contributed by atoms with van der Waals surface area (Å²) in [4.78, 5) is 19.5. The van der Waals surface area contributed by atoms with Crippen molar-refractivity contribution in [2.75, 3.05) is 19.7 Å². The largest absolute Gasteiger partial charge is 0.377 e. The van der Waals surface area contributed by atoms with E-state index in [4.69, 9.17) is 21.3 Å². The highest BCUT2D eigenvalue weighted by Gasteiger charge is 2.33. The third-order valence-electron chi connectivity index (χ3n) is 6.54. The lowest BCUT2D eigenvalue weighted by Crippen LogP contribution is -2.32. The van der Waals surface area contributed by atoms with Crippen molar-refractivity contribution >= 4 is 17.4 Å². The van der Waals surface area contributed by atoms with Gasteiger partial charge in [0.1, 0.15) is 0 Å². The van der Waals surface area contributed by atoms with E-state index in [9.17, 15) is 4.79 Å². The summed E-state index contributed by atoms with van der Waals surface area (Å²) in [6.07, 6.45) is 9.20. The topological polar surface area (TPSA) is 42.4 Å². The minimum absolute atomic E-state index is 0.131. The number of rotatable bonds is 9. The van der Waals surface area contributed by atoms with E-state index < -0.39 is 0 Å². The molecule has 2 aliphatic rings. The molecule has 4 nitrogen and oxygen atoms in total. The SMILES string of the molecule is CC(=O)[C@@H](c1ccccc1Cl)N1CC[C@@H](OCCCCc2ccc3c(n2)CCCC3)C1. The van der Waals surface area contributed by atoms with E-state index in [1.807, 2.05) is 24.3 Å². The van der Waals surface area contributed by atoms with Crippen molar-refractivity contribution < 1.29 is 9.53 Å². The predicted molar refractivity (Wildman–Crippen MR) is 125 cm³/mol. The smallest absolute Gasteiger partial charge is 0.151 e. The minimum atomic E-state index is -0.280. The summed E-state index contributed by atoms with van der Waals surface area (Å²) in [6, 6.07) is 11.9. The van der Waals surface area contributed by atoms with E-state index in [1.165, 1.54) is 36.2 Å². The first kappa shape index (κ1) is 22.4. The van der Waals surface area contributed by atoms with Gasteiger partial charge in [-0.25, -0.2) is 0 Å². The Morgan fingerprint density at radius 3 is 2.87 bits per heavy atom. The van der Waals surface area contributed by atoms with Crippen LogP contribution in [0.5, 0.6) is 0 Å². The molecule has 0 amide bonds. The second-order valence-electron chi connectivity index (χ2n) is 8.88. The molecule has 0 spiro atoms. The fourth-order valence-corrected chi connectivity index (χ4v) is 5.16. The molecule has 4 rings (SSSR count). The Hall–Kier alpha value is -1.75. The summed E-state index contributed by atoms with van der Waals surface area (Å²) in [6.45, 7) is 4.05. The van der Waals surface area contributed by atoms with Gasteiger partial charge >= 0.3 is 0 Å². The molecule has 2 atom stereocenters. The van der Waals surface area contributed by atoms with Crippen LogP contribution in [-0.2, 0) is 28.8 Å². The van der Waals surface area contributed by atoms with E-state index in [0.29, 0.717) is 5.02 Å². The Morgan fingerprint density at radius 2 is 2.03 bits per heavy atom. The molecule has 0 N–H and O–H groups in total. The molecular weight excluding hydrogens is 408 g/mol. The third-order valence-corrected chi connectivity index (χ3v) is 6.89. The molecule has 5 heteroatoms. The Labute approximate surface area is 191 Å². The van der Waals surface area contributed by atoms with Gasteiger partial charge in [0, 0.05) is 36.1 Å². The van der Waals surface area contributed by atoms with E-state index in [0.717, 1.165) is 57.4 Å². The molecule has 2 heterocycles. The second kappa shape index (κ2) is 10.7. The molecule has 166 valence electrons. The normalized spacial score (nSPS) is 19.9. The molecule has 0 saturated carbocycles. The Kier molecular flexibility index (Phi) is 7.76. The summed E-state index contributed by atoms with van der Waals surface area (Å²) >= 11 is 6.37. The monoisotopic (exact) mass is 440 g/mol. The number of hydrogen-bond acceptors (Lipinski definition) is 4. The lowest BCUT2D eigenvalue weighted by atomic mass is 9.95. The van der Waals surface area contributed by atoms with Gasteiger partial charge in [0.15, 0.2) is 5.78 Å². The summed E-state index contributed by atoms with van der Waals surface area (Å²) in [7, 11) is 0. The quantitative estimate of drug-likeness (QED) is 0.492. The van der Waals surface area contributed by atoms with Gasteiger partial charge in [0.2, 0.25) is 0 Å². The van der Waals surface area contributed by atoms with Crippen molar-refractivity contribution in [2.24, 2.45) is 0 Å². The van der Waals surface area contributed by atoms with E-state index in [1.54, 1.807) is 6.92 Å². The number of likely N-dealkylation sites (tertiary alicyclic amines) is 1. The number of carbonyl (C=O) groups is 1. The number of aryl methyl sites for hydroxylation is 3. The minimum Gasteiger partial charge on any atom is -0.377 e. The molecule has 1 saturated heterocycles. The maximum atomic E-state index is 12.4. The lowest BCUT2D eigenvalue weighted by Gasteiger charge is -2.26. The number of benzene rings is 1. The molecule has 1 aliphatic carbocycles. The standard InChI is InChI=1S/C26H33ClN2O2/c1-19(30)26(23-10-3-4-11-24(23)27)29-16-15-22(18-29)31-17-7-6-9-21-14-13-20-8-2-5-12-25(20)28-21/h3-4,10-11,13-14,22,26H,2,5-9,12,15-18H2,1H3/t22-,26+/m1/s1. The Balaban J connectivity index is 1.21. The van der Waals surface area contributed by atoms with Gasteiger partial charge < -0.3 is 4.74 Å². The van der Waals surface area contributed by atoms with Gasteiger partial charge in [0.25, 0.3) is 0 Å². The predicted octanol–water partition coefficient (Wildman–Crippen LogP) is 5.36. The van der Waals surface area contributed by atoms with Crippen LogP contribution in [0.25, 0.3) is 0 Å². The molecule has 0 radical (unpaired) electrons. The molecular formula is C26H33ClN2O2. The van der Waals surface area contributed by atoms with Crippen molar-refractivity contribution in [3.63, 3.8) is 0 Å². The van der Waals surface area contributed by atoms with Gasteiger partial charge in [-0.1, -0.05) is 35.9 Å². The second-order valence-corrected chi connectivity index (χ2v) is 9.29. The number of fused-ring (bicyclic) bond motifs is 1. The van der Waals surface area contributed by atoms with Crippen LogP contribution >= 0.6 is 11.6 Å². The number of carbonyl (C=O) groups excluding carboxylic acids is 1. The molecule has 31 heavy (non-hydrogen) atoms. The van der Waals surface area contributed by atoms with Crippen LogP contribution in [0.2, 0.25) is 5.02 Å². The maximum absolute atomic E-state index is 12.4. The summed E-state index contributed by atoms with van der Waals surface area (Å²) in [5.41, 5.74) is 4.89. The van der Waals surface area contributed by atoms with Crippen LogP contribution in [0, 0.1) is 0 Å². The number of aromatic nitrogens is 1. The van der Waals surface area contributed by atoms with Crippen molar-refractivity contribution in [1.29, 1.82) is 0 Å². The van der Waals surface area contributed by atoms with Crippen LogP contribution in [0.15, 0.2) is 36.4 Å². The van der Waals surface area contributed by atoms with E-state index in [2.05, 4.69) is 17.0 Å². The molecule has 2 aromatic rings. The van der Waals surface area contributed by atoms with E-state index in [-0.39, 0.29) is 17.9 Å². The van der Waals surface area contributed by atoms with Crippen molar-refractivity contribution in [2.45, 2.75) is 70.4 Å². The van der Waals surface area contributed by atoms with Gasteiger partial charge in [-0.05, 0) is 81.5 Å². The highest BCUT2D eigenvalue weighted by molar-refractivity contribution is 6.31. The van der Waals surface area contributed by atoms with Gasteiger partial charge in [-0.2, -0.15) is 0 Å². The Morgan fingerprint density at radius 1 is 1.19 bits per heavy atom. The number of ketones is 1. The molecule has 0 unspecified atom stereocenters. The fourth-order valence-electron chi connectivity index (χ4n) is 4.92. The highest BCUT2D eigenvalue weighted by Crippen LogP contribution is 2.31. The highest BCUT2D eigenvalue weighted by atomic mass is 35.5. The first-order valence-corrected chi connectivity index (χ1v) is 12.1. The number of unbranched alkanes of at least 4 members (excludes halogenated alkanes) is 1. The maximum Gasteiger partial charge on any atom is 0.151 e. The fraction of sp³-hybridized carbons (Fsp3) is 0.538. The summed E-state index contributed by atoms with van der Waals surface area (Å²) in [5.74, 6) is 0.131. The van der Waals surface area contributed by atoms with Crippen LogP contribution in [0.3, 0.4) is 0 Å². The van der Waals surface area contributed by atoms with Crippen LogP contribution in [-0.4, -0.2) is 41.5 Å². The zero-order valence-electron chi connectivity index (χ0n) is 18.5. The molecule has 1 aliphatic heterocycles. The number of Topliss-reactive ketones (excluding diaryl/α,β-unsaturated/α-hetero) is 1. The van der Waals surface area contributed by atoms with Crippen LogP contribution in [0.4, 0.5) is 0 Å². The van der Waals surface area contributed by atoms with Crippen molar-refractivity contribution in [1.82, 2.24) is 9.88 Å². The average molecular weight is 441 g/mol. The van der Waals surface area contributed by atoms with Crippen LogP contribution < -0.4 is 0 Å². The number of ether oxygens (including phenoxy) is 1. The van der Waals surface area contributed by atoms with Crippen LogP contribution in [0.1, 0.15) is 67.6 Å². The van der Waals surface area contributed by atoms with E-state index >= 15 is 0 Å². The summed E-state index contributed by atoms with van der Waals surface area (Å²) in [5, 5.41) is 0.655. The number of pyridine rings is 1. The molecule has 1 fully saturated rings. The zero-order valence-corrected chi connectivity index (χ0v) is 19.2. The first-order chi connectivity index (χ1) is 15.1. The average Bonchev–Trinajstić information content (AvgIpc) is 3.23.